The van der Waals surface area contributed by atoms with Crippen molar-refractivity contribution in [3.8, 4) is 11.1 Å². The van der Waals surface area contributed by atoms with Crippen molar-refractivity contribution in [2.45, 2.75) is 19.9 Å². The number of nitrogens with zero attached hydrogens (tertiary/aromatic N) is 1. The van der Waals surface area contributed by atoms with Gasteiger partial charge in [-0.3, -0.25) is 4.79 Å². The van der Waals surface area contributed by atoms with Crippen molar-refractivity contribution in [3.05, 3.63) is 89.7 Å². The Morgan fingerprint density at radius 3 is 2.67 bits per heavy atom. The molecule has 0 unspecified atom stereocenters. The quantitative estimate of drug-likeness (QED) is 0.557. The third kappa shape index (κ3) is 3.75. The Bertz CT molecular complexity index is 1080. The van der Waals surface area contributed by atoms with Crippen LogP contribution in [0.4, 0.5) is 0 Å². The van der Waals surface area contributed by atoms with E-state index >= 15 is 0 Å². The molecular weight excluding hydrogens is 334 g/mol. The minimum atomic E-state index is 0.000970. The monoisotopic (exact) mass is 355 g/mol. The largest absolute Gasteiger partial charge is 0.352 e. The molecule has 27 heavy (non-hydrogen) atoms. The zero-order valence-corrected chi connectivity index (χ0v) is 15.2. The molecule has 0 spiro atoms. The van der Waals surface area contributed by atoms with Crippen LogP contribution in [0.1, 0.15) is 16.7 Å². The summed E-state index contributed by atoms with van der Waals surface area (Å²) in [6, 6.07) is 20.3. The Kier molecular flexibility index (Phi) is 4.71. The molecule has 0 bridgehead atoms. The SMILES string of the molecule is Cc1ccccc1-c1cnc2[nH]cc(CC(=O)NCc3ccccc3)c2c1. The standard InChI is InChI=1S/C23H21N3O/c1-16-7-5-6-10-20(16)18-11-21-19(15-26-23(21)25-14-18)12-22(27)24-13-17-8-3-2-4-9-17/h2-11,14-15H,12-13H2,1H3,(H,24,27)(H,25,26). The predicted molar refractivity (Wildman–Crippen MR) is 108 cm³/mol. The molecule has 0 radical (unpaired) electrons. The van der Waals surface area contributed by atoms with Gasteiger partial charge in [0.1, 0.15) is 5.65 Å². The summed E-state index contributed by atoms with van der Waals surface area (Å²) in [7, 11) is 0. The van der Waals surface area contributed by atoms with Gasteiger partial charge >= 0.3 is 0 Å². The van der Waals surface area contributed by atoms with E-state index in [1.165, 1.54) is 5.56 Å². The van der Waals surface area contributed by atoms with Crippen LogP contribution in [0.2, 0.25) is 0 Å². The van der Waals surface area contributed by atoms with E-state index in [-0.39, 0.29) is 5.91 Å². The third-order valence-corrected chi connectivity index (χ3v) is 4.76. The molecule has 0 aliphatic rings. The van der Waals surface area contributed by atoms with Crippen molar-refractivity contribution in [3.63, 3.8) is 0 Å². The number of aromatic amines is 1. The molecule has 0 aliphatic heterocycles. The average Bonchev–Trinajstić information content (AvgIpc) is 3.09. The first-order valence-corrected chi connectivity index (χ1v) is 9.03. The number of carbonyl (C=O) groups excluding carboxylic acids is 1. The second-order valence-electron chi connectivity index (χ2n) is 6.69. The maximum absolute atomic E-state index is 12.4. The zero-order valence-electron chi connectivity index (χ0n) is 15.2. The second-order valence-corrected chi connectivity index (χ2v) is 6.69. The van der Waals surface area contributed by atoms with Gasteiger partial charge in [0, 0.05) is 29.9 Å². The number of pyridine rings is 1. The Hall–Kier alpha value is -3.40. The number of aromatic nitrogens is 2. The Morgan fingerprint density at radius 2 is 1.85 bits per heavy atom. The molecule has 0 aliphatic carbocycles. The van der Waals surface area contributed by atoms with E-state index in [4.69, 9.17) is 0 Å². The van der Waals surface area contributed by atoms with Crippen LogP contribution in [-0.2, 0) is 17.8 Å². The highest BCUT2D eigenvalue weighted by Crippen LogP contribution is 2.27. The zero-order chi connectivity index (χ0) is 18.6. The lowest BCUT2D eigenvalue weighted by molar-refractivity contribution is -0.120. The van der Waals surface area contributed by atoms with Crippen molar-refractivity contribution >= 4 is 16.9 Å². The van der Waals surface area contributed by atoms with Crippen LogP contribution in [0, 0.1) is 6.92 Å². The smallest absolute Gasteiger partial charge is 0.224 e. The van der Waals surface area contributed by atoms with Crippen LogP contribution in [0.5, 0.6) is 0 Å². The van der Waals surface area contributed by atoms with Gasteiger partial charge in [0.15, 0.2) is 0 Å². The van der Waals surface area contributed by atoms with Crippen LogP contribution in [0.15, 0.2) is 73.1 Å². The van der Waals surface area contributed by atoms with E-state index in [9.17, 15) is 4.79 Å². The fourth-order valence-corrected chi connectivity index (χ4v) is 3.28. The van der Waals surface area contributed by atoms with Gasteiger partial charge < -0.3 is 10.3 Å². The minimum absolute atomic E-state index is 0.000970. The number of amides is 1. The summed E-state index contributed by atoms with van der Waals surface area (Å²) in [5.74, 6) is 0.000970. The lowest BCUT2D eigenvalue weighted by Crippen LogP contribution is -2.24. The highest BCUT2D eigenvalue weighted by molar-refractivity contribution is 5.89. The van der Waals surface area contributed by atoms with Gasteiger partial charge in [-0.1, -0.05) is 54.6 Å². The van der Waals surface area contributed by atoms with Crippen LogP contribution in [-0.4, -0.2) is 15.9 Å². The van der Waals surface area contributed by atoms with E-state index < -0.39 is 0 Å². The van der Waals surface area contributed by atoms with Crippen molar-refractivity contribution < 1.29 is 4.79 Å². The second kappa shape index (κ2) is 7.46. The van der Waals surface area contributed by atoms with Crippen LogP contribution < -0.4 is 5.32 Å². The van der Waals surface area contributed by atoms with Crippen LogP contribution in [0.3, 0.4) is 0 Å². The number of hydrogen-bond donors (Lipinski definition) is 2. The molecule has 0 saturated carbocycles. The van der Waals surface area contributed by atoms with Crippen LogP contribution >= 0.6 is 0 Å². The molecule has 2 aromatic heterocycles. The van der Waals surface area contributed by atoms with E-state index in [1.54, 1.807) is 0 Å². The summed E-state index contributed by atoms with van der Waals surface area (Å²) >= 11 is 0. The number of hydrogen-bond acceptors (Lipinski definition) is 2. The molecule has 4 rings (SSSR count). The Morgan fingerprint density at radius 1 is 1.07 bits per heavy atom. The van der Waals surface area contributed by atoms with Crippen molar-refractivity contribution in [1.82, 2.24) is 15.3 Å². The number of nitrogens with one attached hydrogen (secondary N) is 2. The summed E-state index contributed by atoms with van der Waals surface area (Å²) in [5, 5.41) is 3.98. The van der Waals surface area contributed by atoms with E-state index in [0.717, 1.165) is 33.3 Å². The van der Waals surface area contributed by atoms with Gasteiger partial charge in [-0.15, -0.1) is 0 Å². The minimum Gasteiger partial charge on any atom is -0.352 e. The number of H-pyrrole nitrogens is 1. The van der Waals surface area contributed by atoms with Gasteiger partial charge in [-0.05, 0) is 35.2 Å². The normalized spacial score (nSPS) is 10.9. The highest BCUT2D eigenvalue weighted by atomic mass is 16.1. The summed E-state index contributed by atoms with van der Waals surface area (Å²) < 4.78 is 0. The lowest BCUT2D eigenvalue weighted by atomic mass is 10.0. The topological polar surface area (TPSA) is 57.8 Å². The molecule has 0 saturated heterocycles. The fourth-order valence-electron chi connectivity index (χ4n) is 3.28. The van der Waals surface area contributed by atoms with Crippen LogP contribution in [0.25, 0.3) is 22.2 Å². The van der Waals surface area contributed by atoms with Crippen molar-refractivity contribution in [2.24, 2.45) is 0 Å². The van der Waals surface area contributed by atoms with Gasteiger partial charge in [0.05, 0.1) is 6.42 Å². The molecule has 0 atom stereocenters. The highest BCUT2D eigenvalue weighted by Gasteiger charge is 2.11. The molecule has 1 amide bonds. The molecule has 4 aromatic rings. The molecule has 4 nitrogen and oxygen atoms in total. The fraction of sp³-hybridized carbons (Fsp3) is 0.130. The summed E-state index contributed by atoms with van der Waals surface area (Å²) in [5.41, 5.74) is 6.28. The van der Waals surface area contributed by atoms with E-state index in [0.29, 0.717) is 13.0 Å². The van der Waals surface area contributed by atoms with Gasteiger partial charge in [-0.25, -0.2) is 4.98 Å². The molecule has 2 heterocycles. The lowest BCUT2D eigenvalue weighted by Gasteiger charge is -2.07. The molecule has 4 heteroatoms. The van der Waals surface area contributed by atoms with Gasteiger partial charge in [0.25, 0.3) is 0 Å². The maximum Gasteiger partial charge on any atom is 0.224 e. The average molecular weight is 355 g/mol. The first-order valence-electron chi connectivity index (χ1n) is 9.03. The van der Waals surface area contributed by atoms with Crippen molar-refractivity contribution in [1.29, 1.82) is 0 Å². The molecular formula is C23H21N3O. The molecule has 2 aromatic carbocycles. The molecule has 0 fully saturated rings. The van der Waals surface area contributed by atoms with Gasteiger partial charge in [-0.2, -0.15) is 0 Å². The summed E-state index contributed by atoms with van der Waals surface area (Å²) in [6.07, 6.45) is 4.08. The van der Waals surface area contributed by atoms with E-state index in [2.05, 4.69) is 40.4 Å². The molecule has 134 valence electrons. The van der Waals surface area contributed by atoms with E-state index in [1.807, 2.05) is 54.9 Å². The third-order valence-electron chi connectivity index (χ3n) is 4.76. The Labute approximate surface area is 158 Å². The first-order chi connectivity index (χ1) is 13.2. The summed E-state index contributed by atoms with van der Waals surface area (Å²) in [6.45, 7) is 2.63. The number of benzene rings is 2. The summed E-state index contributed by atoms with van der Waals surface area (Å²) in [4.78, 5) is 20.1. The number of carbonyl (C=O) groups is 1. The molecule has 2 N–H and O–H groups in total. The first kappa shape index (κ1) is 17.0. The van der Waals surface area contributed by atoms with Gasteiger partial charge in [0.2, 0.25) is 5.91 Å². The number of aryl methyl sites for hydroxylation is 1. The van der Waals surface area contributed by atoms with Crippen molar-refractivity contribution in [2.75, 3.05) is 0 Å². The predicted octanol–water partition coefficient (Wildman–Crippen LogP) is 4.40. The Balaban J connectivity index is 1.54. The number of fused-ring (bicyclic) bond motifs is 1. The maximum atomic E-state index is 12.4. The number of rotatable bonds is 5.